The number of rotatable bonds is 7. The highest BCUT2D eigenvalue weighted by Crippen LogP contribution is 2.28. The van der Waals surface area contributed by atoms with Crippen molar-refractivity contribution in [1.29, 1.82) is 0 Å². The van der Waals surface area contributed by atoms with Crippen LogP contribution in [0.25, 0.3) is 0 Å². The van der Waals surface area contributed by atoms with Crippen LogP contribution in [0.5, 0.6) is 5.75 Å². The van der Waals surface area contributed by atoms with Gasteiger partial charge in [0.05, 0.1) is 19.4 Å². The van der Waals surface area contributed by atoms with Crippen LogP contribution in [-0.4, -0.2) is 36.5 Å². The van der Waals surface area contributed by atoms with Crippen molar-refractivity contribution in [2.75, 3.05) is 25.0 Å². The van der Waals surface area contributed by atoms with Gasteiger partial charge in [0.1, 0.15) is 11.5 Å². The van der Waals surface area contributed by atoms with Gasteiger partial charge < -0.3 is 24.7 Å². The monoisotopic (exact) mass is 447 g/mol. The zero-order valence-corrected chi connectivity index (χ0v) is 18.8. The number of nitrogens with one attached hydrogen (secondary N) is 2. The fourth-order valence-corrected chi connectivity index (χ4v) is 4.05. The third-order valence-electron chi connectivity index (χ3n) is 5.75. The molecule has 1 fully saturated rings. The Morgan fingerprint density at radius 2 is 1.97 bits per heavy atom. The van der Waals surface area contributed by atoms with Gasteiger partial charge in [0.25, 0.3) is 5.91 Å². The molecule has 1 saturated heterocycles. The predicted molar refractivity (Wildman–Crippen MR) is 126 cm³/mol. The summed E-state index contributed by atoms with van der Waals surface area (Å²) < 4.78 is 10.7. The van der Waals surface area contributed by atoms with Crippen molar-refractivity contribution in [2.45, 2.75) is 32.2 Å². The first-order chi connectivity index (χ1) is 16.1. The van der Waals surface area contributed by atoms with Gasteiger partial charge in [0.2, 0.25) is 0 Å². The van der Waals surface area contributed by atoms with E-state index in [2.05, 4.69) is 10.6 Å². The molecule has 1 aliphatic heterocycles. The van der Waals surface area contributed by atoms with Crippen LogP contribution in [0.1, 0.15) is 47.4 Å². The topological polar surface area (TPSA) is 83.8 Å². The van der Waals surface area contributed by atoms with Crippen molar-refractivity contribution >= 4 is 17.6 Å². The molecule has 0 bridgehead atoms. The molecule has 7 nitrogen and oxygen atoms in total. The predicted octanol–water partition coefficient (Wildman–Crippen LogP) is 5.02. The van der Waals surface area contributed by atoms with E-state index in [0.717, 1.165) is 29.8 Å². The molecule has 0 spiro atoms. The number of amides is 3. The Balaban J connectivity index is 1.36. The molecule has 2 heterocycles. The van der Waals surface area contributed by atoms with E-state index >= 15 is 0 Å². The molecule has 3 aromatic rings. The molecule has 4 rings (SSSR count). The Bertz CT molecular complexity index is 1060. The standard InChI is InChI=1S/C26H29N3O4/c1-2-32-23-12-10-22(11-13-23)28-26(31)29-14-4-8-21(18-29)19-6-3-7-20(16-19)25(30)27-17-24-9-5-15-33-24/h3,5-7,9-13,15-16,21H,2,4,8,14,17-18H2,1H3,(H,27,30)(H,28,31)/t21-/m1/s1. The van der Waals surface area contributed by atoms with E-state index in [1.807, 2.05) is 60.4 Å². The first kappa shape index (κ1) is 22.5. The number of ether oxygens (including phenoxy) is 1. The fraction of sp³-hybridized carbons (Fsp3) is 0.308. The van der Waals surface area contributed by atoms with E-state index in [9.17, 15) is 9.59 Å². The van der Waals surface area contributed by atoms with Crippen LogP contribution in [0.3, 0.4) is 0 Å². The van der Waals surface area contributed by atoms with E-state index in [4.69, 9.17) is 9.15 Å². The number of hydrogen-bond donors (Lipinski definition) is 2. The van der Waals surface area contributed by atoms with E-state index in [-0.39, 0.29) is 17.9 Å². The minimum atomic E-state index is -0.144. The molecule has 1 aliphatic rings. The van der Waals surface area contributed by atoms with Crippen LogP contribution in [0.4, 0.5) is 10.5 Å². The molecule has 2 N–H and O–H groups in total. The summed E-state index contributed by atoms with van der Waals surface area (Å²) >= 11 is 0. The highest BCUT2D eigenvalue weighted by Gasteiger charge is 2.25. The number of piperidine rings is 1. The molecule has 1 atom stereocenters. The van der Waals surface area contributed by atoms with Gasteiger partial charge in [-0.1, -0.05) is 12.1 Å². The number of nitrogens with zero attached hydrogens (tertiary/aromatic N) is 1. The zero-order valence-electron chi connectivity index (χ0n) is 18.8. The van der Waals surface area contributed by atoms with Gasteiger partial charge in [-0.3, -0.25) is 4.79 Å². The van der Waals surface area contributed by atoms with E-state index in [1.54, 1.807) is 18.4 Å². The van der Waals surface area contributed by atoms with Crippen LogP contribution in [0.15, 0.2) is 71.3 Å². The summed E-state index contributed by atoms with van der Waals surface area (Å²) in [5, 5.41) is 5.85. The van der Waals surface area contributed by atoms with Crippen LogP contribution in [-0.2, 0) is 6.54 Å². The van der Waals surface area contributed by atoms with Gasteiger partial charge in [-0.15, -0.1) is 0 Å². The summed E-state index contributed by atoms with van der Waals surface area (Å²) in [6.07, 6.45) is 3.48. The molecular formula is C26H29N3O4. The van der Waals surface area contributed by atoms with E-state index in [0.29, 0.717) is 37.6 Å². The zero-order chi connectivity index (χ0) is 23.0. The van der Waals surface area contributed by atoms with Crippen molar-refractivity contribution in [3.05, 3.63) is 83.8 Å². The summed E-state index contributed by atoms with van der Waals surface area (Å²) in [6, 6.07) is 18.5. The Morgan fingerprint density at radius 1 is 1.12 bits per heavy atom. The largest absolute Gasteiger partial charge is 0.494 e. The van der Waals surface area contributed by atoms with Gasteiger partial charge in [-0.25, -0.2) is 4.79 Å². The summed E-state index contributed by atoms with van der Waals surface area (Å²) in [4.78, 5) is 27.3. The average Bonchev–Trinajstić information content (AvgIpc) is 3.38. The van der Waals surface area contributed by atoms with Crippen molar-refractivity contribution < 1.29 is 18.7 Å². The maximum Gasteiger partial charge on any atom is 0.321 e. The first-order valence-corrected chi connectivity index (χ1v) is 11.3. The molecule has 2 aromatic carbocycles. The Kier molecular flexibility index (Phi) is 7.29. The summed E-state index contributed by atoms with van der Waals surface area (Å²) in [5.74, 6) is 1.53. The lowest BCUT2D eigenvalue weighted by Crippen LogP contribution is -2.41. The number of likely N-dealkylation sites (tertiary alicyclic amines) is 1. The minimum Gasteiger partial charge on any atom is -0.494 e. The van der Waals surface area contributed by atoms with Crippen LogP contribution >= 0.6 is 0 Å². The van der Waals surface area contributed by atoms with Crippen LogP contribution < -0.4 is 15.4 Å². The highest BCUT2D eigenvalue weighted by atomic mass is 16.5. The average molecular weight is 448 g/mol. The quantitative estimate of drug-likeness (QED) is 0.533. The van der Waals surface area contributed by atoms with Crippen molar-refractivity contribution in [3.63, 3.8) is 0 Å². The second-order valence-electron chi connectivity index (χ2n) is 8.06. The maximum atomic E-state index is 12.8. The lowest BCUT2D eigenvalue weighted by atomic mass is 9.89. The molecule has 0 aliphatic carbocycles. The number of anilines is 1. The number of urea groups is 1. The van der Waals surface area contributed by atoms with Crippen molar-refractivity contribution in [1.82, 2.24) is 10.2 Å². The van der Waals surface area contributed by atoms with Gasteiger partial charge in [-0.05, 0) is 73.9 Å². The van der Waals surface area contributed by atoms with Crippen LogP contribution in [0, 0.1) is 0 Å². The summed E-state index contributed by atoms with van der Waals surface area (Å²) in [7, 11) is 0. The first-order valence-electron chi connectivity index (χ1n) is 11.3. The highest BCUT2D eigenvalue weighted by molar-refractivity contribution is 5.94. The number of hydrogen-bond acceptors (Lipinski definition) is 4. The lowest BCUT2D eigenvalue weighted by molar-refractivity contribution is 0.0947. The van der Waals surface area contributed by atoms with E-state index in [1.165, 1.54) is 0 Å². The fourth-order valence-electron chi connectivity index (χ4n) is 4.05. The normalized spacial score (nSPS) is 15.7. The van der Waals surface area contributed by atoms with Gasteiger partial charge in [0.15, 0.2) is 0 Å². The number of benzene rings is 2. The number of furan rings is 1. The van der Waals surface area contributed by atoms with Gasteiger partial charge in [0, 0.05) is 30.3 Å². The Hall–Kier alpha value is -3.74. The molecule has 0 saturated carbocycles. The molecule has 172 valence electrons. The SMILES string of the molecule is CCOc1ccc(NC(=O)N2CCC[C@@H](c3cccc(C(=O)NCc4ccco4)c3)C2)cc1. The molecule has 0 unspecified atom stereocenters. The molecule has 1 aromatic heterocycles. The molecule has 7 heteroatoms. The second kappa shape index (κ2) is 10.7. The lowest BCUT2D eigenvalue weighted by Gasteiger charge is -2.33. The number of carbonyl (C=O) groups excluding carboxylic acids is 2. The molecule has 33 heavy (non-hydrogen) atoms. The summed E-state index contributed by atoms with van der Waals surface area (Å²) in [6.45, 7) is 4.21. The number of carbonyl (C=O) groups is 2. The second-order valence-corrected chi connectivity index (χ2v) is 8.06. The minimum absolute atomic E-state index is 0.115. The maximum absolute atomic E-state index is 12.8. The van der Waals surface area contributed by atoms with Gasteiger partial charge in [-0.2, -0.15) is 0 Å². The third kappa shape index (κ3) is 5.94. The van der Waals surface area contributed by atoms with Crippen LogP contribution in [0.2, 0.25) is 0 Å². The Morgan fingerprint density at radius 3 is 2.73 bits per heavy atom. The third-order valence-corrected chi connectivity index (χ3v) is 5.75. The molecule has 3 amide bonds. The molecule has 0 radical (unpaired) electrons. The van der Waals surface area contributed by atoms with Crippen molar-refractivity contribution in [2.24, 2.45) is 0 Å². The van der Waals surface area contributed by atoms with Gasteiger partial charge >= 0.3 is 6.03 Å². The smallest absolute Gasteiger partial charge is 0.321 e. The molecular weight excluding hydrogens is 418 g/mol. The van der Waals surface area contributed by atoms with E-state index < -0.39 is 0 Å². The Labute approximate surface area is 193 Å². The summed E-state index contributed by atoms with van der Waals surface area (Å²) in [5.41, 5.74) is 2.41. The van der Waals surface area contributed by atoms with Crippen molar-refractivity contribution in [3.8, 4) is 5.75 Å².